The lowest BCUT2D eigenvalue weighted by Gasteiger charge is -2.26. The third kappa shape index (κ3) is 6.31. The van der Waals surface area contributed by atoms with Crippen molar-refractivity contribution in [3.63, 3.8) is 0 Å². The first-order valence-electron chi connectivity index (χ1n) is 17.0. The monoisotopic (exact) mass is 640 g/mol. The highest BCUT2D eigenvalue weighted by molar-refractivity contribution is 5.95. The van der Waals surface area contributed by atoms with Crippen molar-refractivity contribution in [2.75, 3.05) is 9.80 Å². The Morgan fingerprint density at radius 2 is 0.480 bits per heavy atom. The van der Waals surface area contributed by atoms with Crippen LogP contribution in [0.3, 0.4) is 0 Å². The van der Waals surface area contributed by atoms with Crippen LogP contribution in [0.1, 0.15) is 0 Å². The largest absolute Gasteiger partial charge is 0.311 e. The summed E-state index contributed by atoms with van der Waals surface area (Å²) in [5.74, 6) is 0. The quantitative estimate of drug-likeness (QED) is 0.155. The lowest BCUT2D eigenvalue weighted by molar-refractivity contribution is 1.28. The molecule has 0 unspecified atom stereocenters. The molecule has 0 amide bonds. The van der Waals surface area contributed by atoms with Crippen LogP contribution in [0.15, 0.2) is 218 Å². The Kier molecular flexibility index (Phi) is 8.73. The van der Waals surface area contributed by atoms with Crippen LogP contribution < -0.4 is 9.80 Å². The minimum Gasteiger partial charge on any atom is -0.311 e. The van der Waals surface area contributed by atoms with Crippen LogP contribution in [0.25, 0.3) is 33.4 Å². The average Bonchev–Trinajstić information content (AvgIpc) is 3.20. The summed E-state index contributed by atoms with van der Waals surface area (Å²) in [7, 11) is 0. The molecule has 0 saturated carbocycles. The molecule has 8 aromatic carbocycles. The van der Waals surface area contributed by atoms with Crippen LogP contribution in [-0.4, -0.2) is 0 Å². The summed E-state index contributed by atoms with van der Waals surface area (Å²) in [5.41, 5.74) is 13.9. The van der Waals surface area contributed by atoms with Crippen molar-refractivity contribution in [2.45, 2.75) is 0 Å². The maximum Gasteiger partial charge on any atom is 0.0462 e. The second kappa shape index (κ2) is 14.2. The van der Waals surface area contributed by atoms with Crippen molar-refractivity contribution < 1.29 is 0 Å². The predicted molar refractivity (Wildman–Crippen MR) is 212 cm³/mol. The fourth-order valence-corrected chi connectivity index (χ4v) is 6.73. The number of anilines is 6. The number of para-hydroxylation sites is 4. The fourth-order valence-electron chi connectivity index (χ4n) is 6.73. The Bertz CT molecular complexity index is 2040. The molecule has 0 aromatic heterocycles. The van der Waals surface area contributed by atoms with Gasteiger partial charge in [0.25, 0.3) is 0 Å². The van der Waals surface area contributed by atoms with Gasteiger partial charge in [0.05, 0.1) is 0 Å². The maximum atomic E-state index is 2.30. The molecule has 8 rings (SSSR count). The molecule has 0 atom stereocenters. The third-order valence-electron chi connectivity index (χ3n) is 9.06. The van der Waals surface area contributed by atoms with E-state index in [1.807, 2.05) is 0 Å². The van der Waals surface area contributed by atoms with E-state index in [9.17, 15) is 0 Å². The number of rotatable bonds is 9. The van der Waals surface area contributed by atoms with Gasteiger partial charge in [0.1, 0.15) is 0 Å². The third-order valence-corrected chi connectivity index (χ3v) is 9.06. The molecule has 238 valence electrons. The van der Waals surface area contributed by atoms with Gasteiger partial charge in [-0.2, -0.15) is 0 Å². The summed E-state index contributed by atoms with van der Waals surface area (Å²) in [6.45, 7) is 0. The van der Waals surface area contributed by atoms with E-state index in [2.05, 4.69) is 228 Å². The Hall–Kier alpha value is -6.64. The van der Waals surface area contributed by atoms with Gasteiger partial charge in [0.2, 0.25) is 0 Å². The van der Waals surface area contributed by atoms with E-state index in [0.717, 1.165) is 34.1 Å². The molecule has 0 aliphatic heterocycles. The zero-order valence-corrected chi connectivity index (χ0v) is 27.7. The van der Waals surface area contributed by atoms with Crippen LogP contribution in [0.2, 0.25) is 0 Å². The minimum atomic E-state index is 1.11. The van der Waals surface area contributed by atoms with Crippen LogP contribution in [0.5, 0.6) is 0 Å². The maximum absolute atomic E-state index is 2.30. The van der Waals surface area contributed by atoms with E-state index in [1.165, 1.54) is 33.4 Å². The smallest absolute Gasteiger partial charge is 0.0462 e. The molecule has 0 aliphatic rings. The van der Waals surface area contributed by atoms with Crippen molar-refractivity contribution in [3.8, 4) is 33.4 Å². The van der Waals surface area contributed by atoms with Gasteiger partial charge in [-0.15, -0.1) is 0 Å². The Labute approximate surface area is 294 Å². The van der Waals surface area contributed by atoms with Crippen molar-refractivity contribution in [1.29, 1.82) is 0 Å². The first kappa shape index (κ1) is 30.7. The average molecular weight is 641 g/mol. The van der Waals surface area contributed by atoms with Crippen molar-refractivity contribution in [2.24, 2.45) is 0 Å². The molecule has 0 spiro atoms. The zero-order valence-electron chi connectivity index (χ0n) is 27.7. The van der Waals surface area contributed by atoms with Crippen LogP contribution >= 0.6 is 0 Å². The standard InChI is InChI=1S/C48H36N2/c1-6-17-39(18-7-1)48-46(37-29-33-44(34-30-37)49(40-19-8-2-9-20-40)41-21-10-3-11-22-41)27-16-28-47(48)38-31-35-45(36-32-38)50(42-23-12-4-13-24-42)43-25-14-5-15-26-43/h1-36H. The van der Waals surface area contributed by atoms with Crippen LogP contribution in [0.4, 0.5) is 34.1 Å². The molecule has 50 heavy (non-hydrogen) atoms. The summed E-state index contributed by atoms with van der Waals surface area (Å²) < 4.78 is 0. The minimum absolute atomic E-state index is 1.11. The summed E-state index contributed by atoms with van der Waals surface area (Å²) >= 11 is 0. The summed E-state index contributed by atoms with van der Waals surface area (Å²) in [4.78, 5) is 4.60. The molecule has 0 aliphatic carbocycles. The van der Waals surface area contributed by atoms with Crippen LogP contribution in [0, 0.1) is 0 Å². The van der Waals surface area contributed by atoms with Gasteiger partial charge in [0, 0.05) is 34.1 Å². The second-order valence-electron chi connectivity index (χ2n) is 12.2. The van der Waals surface area contributed by atoms with Gasteiger partial charge in [-0.1, -0.05) is 146 Å². The molecule has 2 nitrogen and oxygen atoms in total. The molecule has 0 fully saturated rings. The fraction of sp³-hybridized carbons (Fsp3) is 0. The first-order chi connectivity index (χ1) is 24.8. The van der Waals surface area contributed by atoms with E-state index >= 15 is 0 Å². The van der Waals surface area contributed by atoms with Gasteiger partial charge in [-0.25, -0.2) is 0 Å². The lowest BCUT2D eigenvalue weighted by atomic mass is 9.87. The van der Waals surface area contributed by atoms with E-state index in [0.29, 0.717) is 0 Å². The number of nitrogens with zero attached hydrogens (tertiary/aromatic N) is 2. The molecule has 8 aromatic rings. The van der Waals surface area contributed by atoms with Gasteiger partial charge < -0.3 is 9.80 Å². The summed E-state index contributed by atoms with van der Waals surface area (Å²) in [5, 5.41) is 0. The van der Waals surface area contributed by atoms with E-state index in [4.69, 9.17) is 0 Å². The normalized spacial score (nSPS) is 10.8. The highest BCUT2D eigenvalue weighted by Gasteiger charge is 2.17. The topological polar surface area (TPSA) is 6.48 Å². The molecular weight excluding hydrogens is 605 g/mol. The molecule has 0 saturated heterocycles. The Balaban J connectivity index is 1.20. The molecule has 0 heterocycles. The molecule has 0 bridgehead atoms. The van der Waals surface area contributed by atoms with Crippen molar-refractivity contribution >= 4 is 34.1 Å². The zero-order chi connectivity index (χ0) is 33.5. The van der Waals surface area contributed by atoms with Gasteiger partial charge in [-0.3, -0.25) is 0 Å². The number of hydrogen-bond donors (Lipinski definition) is 0. The second-order valence-corrected chi connectivity index (χ2v) is 12.2. The Morgan fingerprint density at radius 1 is 0.200 bits per heavy atom. The highest BCUT2D eigenvalue weighted by atomic mass is 15.1. The Morgan fingerprint density at radius 3 is 0.800 bits per heavy atom. The van der Waals surface area contributed by atoms with E-state index < -0.39 is 0 Å². The lowest BCUT2D eigenvalue weighted by Crippen LogP contribution is -2.09. The van der Waals surface area contributed by atoms with Gasteiger partial charge in [-0.05, 0) is 106 Å². The predicted octanol–water partition coefficient (Wildman–Crippen LogP) is 13.6. The molecular formula is C48H36N2. The summed E-state index contributed by atoms with van der Waals surface area (Å²) in [6.07, 6.45) is 0. The highest BCUT2D eigenvalue weighted by Crippen LogP contribution is 2.43. The number of benzene rings is 8. The molecule has 0 N–H and O–H groups in total. The summed E-state index contributed by atoms with van der Waals surface area (Å²) in [6, 6.07) is 77.5. The van der Waals surface area contributed by atoms with E-state index in [1.54, 1.807) is 0 Å². The SMILES string of the molecule is c1ccc(-c2c(-c3ccc(N(c4ccccc4)c4ccccc4)cc3)cccc2-c2ccc(N(c3ccccc3)c3ccccc3)cc2)cc1. The van der Waals surface area contributed by atoms with E-state index in [-0.39, 0.29) is 0 Å². The number of hydrogen-bond acceptors (Lipinski definition) is 2. The first-order valence-corrected chi connectivity index (χ1v) is 17.0. The van der Waals surface area contributed by atoms with Crippen molar-refractivity contribution in [1.82, 2.24) is 0 Å². The van der Waals surface area contributed by atoms with Crippen molar-refractivity contribution in [3.05, 3.63) is 218 Å². The molecule has 2 heteroatoms. The molecule has 0 radical (unpaired) electrons. The van der Waals surface area contributed by atoms with Gasteiger partial charge >= 0.3 is 0 Å². The van der Waals surface area contributed by atoms with Gasteiger partial charge in [0.15, 0.2) is 0 Å². The van der Waals surface area contributed by atoms with Crippen LogP contribution in [-0.2, 0) is 0 Å².